The molecule has 64 valence electrons. The summed E-state index contributed by atoms with van der Waals surface area (Å²) in [5.41, 5.74) is 0. The molecule has 0 aromatic rings. The van der Waals surface area contributed by atoms with Crippen LogP contribution in [0.15, 0.2) is 0 Å². The van der Waals surface area contributed by atoms with E-state index in [1.807, 2.05) is 0 Å². The van der Waals surface area contributed by atoms with Crippen LogP contribution in [0.4, 0.5) is 4.79 Å². The highest BCUT2D eigenvalue weighted by Crippen LogP contribution is 2.15. The molecule has 0 bridgehead atoms. The number of carbonyl (C=O) groups excluding carboxylic acids is 1. The van der Waals surface area contributed by atoms with Gasteiger partial charge in [0.05, 0.1) is 11.4 Å². The van der Waals surface area contributed by atoms with E-state index in [2.05, 4.69) is 13.7 Å². The smallest absolute Gasteiger partial charge is 0.511 e. The van der Waals surface area contributed by atoms with Crippen LogP contribution in [0.3, 0.4) is 0 Å². The van der Waals surface area contributed by atoms with Crippen molar-refractivity contribution in [2.45, 2.75) is 19.3 Å². The van der Waals surface area contributed by atoms with Gasteiger partial charge in [0, 0.05) is 0 Å². The predicted octanol–water partition coefficient (Wildman–Crippen LogP) is -0.322. The minimum atomic E-state index is -2.70. The average Bonchev–Trinajstić information content (AvgIpc) is 2.09. The zero-order valence-electron chi connectivity index (χ0n) is 5.51. The second kappa shape index (κ2) is 3.16. The molecule has 0 radical (unpaired) electrons. The largest absolute Gasteiger partial charge is 0.750 e. The van der Waals surface area contributed by atoms with Crippen molar-refractivity contribution in [3.05, 3.63) is 0 Å². The normalized spacial score (nSPS) is 32.7. The number of cyclic esters (lactones) is 2. The van der Waals surface area contributed by atoms with E-state index in [0.717, 1.165) is 0 Å². The Morgan fingerprint density at radius 1 is 1.64 bits per heavy atom. The topological polar surface area (TPSA) is 84.9 Å². The Kier molecular flexibility index (Phi) is 2.42. The van der Waals surface area contributed by atoms with Crippen LogP contribution < -0.4 is 0 Å². The molecule has 3 atom stereocenters. The van der Waals surface area contributed by atoms with Crippen LogP contribution >= 0.6 is 0 Å². The molecule has 1 rings (SSSR count). The SMILES string of the molecule is CC1OC(=O)OC1OS(=O)[O-]. The molecule has 0 spiro atoms. The summed E-state index contributed by atoms with van der Waals surface area (Å²) in [6, 6.07) is 0. The Hall–Kier alpha value is -0.660. The van der Waals surface area contributed by atoms with Gasteiger partial charge in [-0.25, -0.2) is 9.00 Å². The van der Waals surface area contributed by atoms with Crippen molar-refractivity contribution < 1.29 is 27.2 Å². The first-order valence-electron chi connectivity index (χ1n) is 2.73. The monoisotopic (exact) mass is 181 g/mol. The lowest BCUT2D eigenvalue weighted by atomic mass is 10.4. The van der Waals surface area contributed by atoms with E-state index in [4.69, 9.17) is 0 Å². The predicted molar refractivity (Wildman–Crippen MR) is 30.8 cm³/mol. The average molecular weight is 181 g/mol. The van der Waals surface area contributed by atoms with Gasteiger partial charge < -0.3 is 14.0 Å². The van der Waals surface area contributed by atoms with Crippen LogP contribution in [0.1, 0.15) is 6.92 Å². The van der Waals surface area contributed by atoms with Gasteiger partial charge >= 0.3 is 6.16 Å². The van der Waals surface area contributed by atoms with E-state index >= 15 is 0 Å². The first-order valence-corrected chi connectivity index (χ1v) is 3.73. The minimum absolute atomic E-state index is 0.694. The summed E-state index contributed by atoms with van der Waals surface area (Å²) < 4.78 is 32.7. The molecule has 11 heavy (non-hydrogen) atoms. The third-order valence-electron chi connectivity index (χ3n) is 1.05. The maximum Gasteiger partial charge on any atom is 0.511 e. The van der Waals surface area contributed by atoms with Gasteiger partial charge in [0.2, 0.25) is 0 Å². The van der Waals surface area contributed by atoms with Gasteiger partial charge in [0.25, 0.3) is 6.29 Å². The zero-order chi connectivity index (χ0) is 8.43. The van der Waals surface area contributed by atoms with Gasteiger partial charge in [-0.05, 0) is 6.92 Å². The minimum Gasteiger partial charge on any atom is -0.750 e. The molecule has 1 saturated heterocycles. The Morgan fingerprint density at radius 3 is 2.64 bits per heavy atom. The standard InChI is InChI=1S/C4H6O6S/c1-2-3(10-11(6)7)9-4(5)8-2/h2-3H,1H3,(H,6,7)/p-1. The second-order valence-corrected chi connectivity index (χ2v) is 2.46. The molecular formula is C4H5O6S-. The van der Waals surface area contributed by atoms with Crippen molar-refractivity contribution in [3.63, 3.8) is 0 Å². The first-order chi connectivity index (χ1) is 5.09. The van der Waals surface area contributed by atoms with Crippen molar-refractivity contribution in [1.82, 2.24) is 0 Å². The number of hydrogen-bond acceptors (Lipinski definition) is 6. The summed E-state index contributed by atoms with van der Waals surface area (Å²) in [6.07, 6.45) is -2.77. The lowest BCUT2D eigenvalue weighted by molar-refractivity contribution is -0.0143. The highest BCUT2D eigenvalue weighted by molar-refractivity contribution is 7.74. The Balaban J connectivity index is 2.46. The fourth-order valence-corrected chi connectivity index (χ4v) is 0.952. The molecule has 0 aliphatic carbocycles. The molecule has 1 aliphatic heterocycles. The van der Waals surface area contributed by atoms with Gasteiger partial charge in [0.1, 0.15) is 0 Å². The molecule has 3 unspecified atom stereocenters. The van der Waals surface area contributed by atoms with Crippen molar-refractivity contribution >= 4 is 17.5 Å². The molecular weight excluding hydrogens is 176 g/mol. The van der Waals surface area contributed by atoms with Crippen LogP contribution in [0, 0.1) is 0 Å². The van der Waals surface area contributed by atoms with Crippen molar-refractivity contribution in [2.75, 3.05) is 0 Å². The highest BCUT2D eigenvalue weighted by atomic mass is 32.2. The van der Waals surface area contributed by atoms with Crippen LogP contribution in [-0.4, -0.2) is 27.3 Å². The molecule has 7 heteroatoms. The van der Waals surface area contributed by atoms with E-state index in [0.29, 0.717) is 0 Å². The molecule has 0 saturated carbocycles. The second-order valence-electron chi connectivity index (χ2n) is 1.86. The third-order valence-corrected chi connectivity index (χ3v) is 1.40. The molecule has 6 nitrogen and oxygen atoms in total. The van der Waals surface area contributed by atoms with Gasteiger partial charge in [-0.15, -0.1) is 0 Å². The third kappa shape index (κ3) is 2.14. The van der Waals surface area contributed by atoms with Gasteiger partial charge in [-0.1, -0.05) is 0 Å². The van der Waals surface area contributed by atoms with E-state index in [-0.39, 0.29) is 0 Å². The van der Waals surface area contributed by atoms with Crippen molar-refractivity contribution in [1.29, 1.82) is 0 Å². The van der Waals surface area contributed by atoms with Gasteiger partial charge in [0.15, 0.2) is 6.10 Å². The summed E-state index contributed by atoms with van der Waals surface area (Å²) in [6.45, 7) is 1.46. The summed E-state index contributed by atoms with van der Waals surface area (Å²) in [5.74, 6) is 0. The molecule has 1 heterocycles. The van der Waals surface area contributed by atoms with Crippen LogP contribution in [0.25, 0.3) is 0 Å². The van der Waals surface area contributed by atoms with Crippen molar-refractivity contribution in [3.8, 4) is 0 Å². The maximum absolute atomic E-state index is 10.3. The van der Waals surface area contributed by atoms with E-state index in [9.17, 15) is 13.6 Å². The quantitative estimate of drug-likeness (QED) is 0.428. The fourth-order valence-electron chi connectivity index (χ4n) is 0.601. The number of ether oxygens (including phenoxy) is 2. The number of rotatable bonds is 2. The molecule has 0 amide bonds. The first kappa shape index (κ1) is 8.44. The Bertz CT molecular complexity index is 191. The van der Waals surface area contributed by atoms with Crippen molar-refractivity contribution in [2.24, 2.45) is 0 Å². The maximum atomic E-state index is 10.3. The van der Waals surface area contributed by atoms with Crippen LogP contribution in [0.5, 0.6) is 0 Å². The molecule has 1 aliphatic rings. The Labute approximate surface area is 64.9 Å². The lowest BCUT2D eigenvalue weighted by Crippen LogP contribution is -2.23. The molecule has 0 N–H and O–H groups in total. The summed E-state index contributed by atoms with van der Waals surface area (Å²) in [5, 5.41) is 0. The highest BCUT2D eigenvalue weighted by Gasteiger charge is 2.34. The molecule has 0 aromatic carbocycles. The zero-order valence-corrected chi connectivity index (χ0v) is 6.33. The van der Waals surface area contributed by atoms with Crippen LogP contribution in [0.2, 0.25) is 0 Å². The lowest BCUT2D eigenvalue weighted by Gasteiger charge is -2.12. The van der Waals surface area contributed by atoms with E-state index < -0.39 is 29.9 Å². The summed E-state index contributed by atoms with van der Waals surface area (Å²) in [7, 11) is 0. The van der Waals surface area contributed by atoms with Gasteiger partial charge in [-0.3, -0.25) is 4.18 Å². The summed E-state index contributed by atoms with van der Waals surface area (Å²) in [4.78, 5) is 10.3. The molecule has 1 fully saturated rings. The Morgan fingerprint density at radius 2 is 2.27 bits per heavy atom. The van der Waals surface area contributed by atoms with E-state index in [1.54, 1.807) is 0 Å². The van der Waals surface area contributed by atoms with Gasteiger partial charge in [-0.2, -0.15) is 0 Å². The van der Waals surface area contributed by atoms with Crippen LogP contribution in [-0.2, 0) is 25.0 Å². The molecule has 0 aromatic heterocycles. The number of hydrogen-bond donors (Lipinski definition) is 0. The fraction of sp³-hybridized carbons (Fsp3) is 0.750. The summed E-state index contributed by atoms with van der Waals surface area (Å²) >= 11 is -2.70. The van der Waals surface area contributed by atoms with E-state index in [1.165, 1.54) is 6.92 Å². The number of carbonyl (C=O) groups is 1.